The monoisotopic (exact) mass is 789 g/mol. The lowest BCUT2D eigenvalue weighted by molar-refractivity contribution is 0.510. The molecule has 7 aromatic carbocycles. The molecule has 0 amide bonds. The maximum Gasteiger partial charge on any atom is 0.227 e. The van der Waals surface area contributed by atoms with Crippen LogP contribution < -0.4 is 14.5 Å². The number of pyridine rings is 2. The summed E-state index contributed by atoms with van der Waals surface area (Å²) in [7, 11) is 0. The van der Waals surface area contributed by atoms with Crippen LogP contribution in [0.25, 0.3) is 49.9 Å². The van der Waals surface area contributed by atoms with Gasteiger partial charge in [0, 0.05) is 47.0 Å². The van der Waals surface area contributed by atoms with Crippen molar-refractivity contribution in [1.82, 2.24) is 15.0 Å². The first-order chi connectivity index (χ1) is 30.1. The molecule has 0 atom stereocenters. The number of oxazole rings is 1. The van der Waals surface area contributed by atoms with Crippen molar-refractivity contribution in [2.24, 2.45) is 0 Å². The molecule has 1 aliphatic rings. The number of anilines is 6. The average Bonchev–Trinajstić information content (AvgIpc) is 3.68. The molecule has 0 saturated heterocycles. The van der Waals surface area contributed by atoms with Crippen LogP contribution in [0, 0.1) is 0 Å². The zero-order chi connectivity index (χ0) is 40.7. The predicted molar refractivity (Wildman–Crippen MR) is 247 cm³/mol. The van der Waals surface area contributed by atoms with E-state index in [0.717, 1.165) is 96.9 Å². The minimum atomic E-state index is 0.595. The molecule has 0 bridgehead atoms. The Morgan fingerprint density at radius 1 is 0.492 bits per heavy atom. The number of hydrogen-bond acceptors (Lipinski definition) is 7. The lowest BCUT2D eigenvalue weighted by Gasteiger charge is -2.26. The first kappa shape index (κ1) is 36.1. The van der Waals surface area contributed by atoms with Crippen molar-refractivity contribution < 1.29 is 9.15 Å². The molecule has 0 aliphatic carbocycles. The van der Waals surface area contributed by atoms with E-state index in [1.807, 2.05) is 97.3 Å². The maximum atomic E-state index is 6.77. The van der Waals surface area contributed by atoms with E-state index in [1.165, 1.54) is 11.1 Å². The topological polar surface area (TPSA) is 67.5 Å². The molecule has 3 aromatic heterocycles. The smallest absolute Gasteiger partial charge is 0.227 e. The number of fused-ring (bicyclic) bond motifs is 5. The van der Waals surface area contributed by atoms with E-state index < -0.39 is 0 Å². The summed E-state index contributed by atoms with van der Waals surface area (Å²) in [5.74, 6) is 4.02. The third-order valence-corrected chi connectivity index (χ3v) is 11.4. The molecule has 0 saturated carbocycles. The molecule has 0 unspecified atom stereocenters. The number of ether oxygens (including phenoxy) is 1. The third kappa shape index (κ3) is 6.82. The minimum Gasteiger partial charge on any atom is -0.456 e. The van der Waals surface area contributed by atoms with Crippen LogP contribution in [-0.4, -0.2) is 15.0 Å². The van der Waals surface area contributed by atoms with Crippen LogP contribution in [0.2, 0.25) is 0 Å². The number of hydrogen-bond donors (Lipinski definition) is 0. The second-order valence-corrected chi connectivity index (χ2v) is 15.3. The number of benzene rings is 7. The molecule has 292 valence electrons. The molecule has 0 spiro atoms. The van der Waals surface area contributed by atoms with Crippen LogP contribution in [0.3, 0.4) is 0 Å². The highest BCUT2D eigenvalue weighted by Crippen LogP contribution is 2.43. The molecule has 11 rings (SSSR count). The van der Waals surface area contributed by atoms with E-state index >= 15 is 0 Å². The number of allylic oxidation sites excluding steroid dienone is 1. The quantitative estimate of drug-likeness (QED) is 0.142. The van der Waals surface area contributed by atoms with Gasteiger partial charge in [-0.1, -0.05) is 91.0 Å². The van der Waals surface area contributed by atoms with Crippen LogP contribution in [-0.2, 0) is 6.42 Å². The summed E-state index contributed by atoms with van der Waals surface area (Å²) < 4.78 is 13.1. The summed E-state index contributed by atoms with van der Waals surface area (Å²) in [6.07, 6.45) is 5.52. The third-order valence-electron chi connectivity index (χ3n) is 11.4. The second kappa shape index (κ2) is 15.3. The van der Waals surface area contributed by atoms with Crippen molar-refractivity contribution in [2.45, 2.75) is 19.8 Å². The van der Waals surface area contributed by atoms with Gasteiger partial charge in [-0.2, -0.15) is 0 Å². The number of rotatable bonds is 8. The molecule has 0 N–H and O–H groups in total. The van der Waals surface area contributed by atoms with Gasteiger partial charge in [0.05, 0.1) is 11.4 Å². The van der Waals surface area contributed by atoms with E-state index in [9.17, 15) is 0 Å². The van der Waals surface area contributed by atoms with Crippen LogP contribution >= 0.6 is 0 Å². The molecule has 0 radical (unpaired) electrons. The zero-order valence-corrected chi connectivity index (χ0v) is 33.4. The summed E-state index contributed by atoms with van der Waals surface area (Å²) >= 11 is 0. The molecular weight excluding hydrogens is 751 g/mol. The largest absolute Gasteiger partial charge is 0.456 e. The van der Waals surface area contributed by atoms with Crippen molar-refractivity contribution in [2.75, 3.05) is 9.80 Å². The van der Waals surface area contributed by atoms with Crippen LogP contribution in [0.15, 0.2) is 204 Å². The SMILES string of the molecule is CC1=C(c2ccccc2)Oc2cc(N(c3ccc4c(ccc5cc(N(c6ccc7nc(-c8ccccc8)oc7c6)c6ccccn6)ccc54)c3)c3ccccn3)ccc2CC1. The van der Waals surface area contributed by atoms with E-state index in [-0.39, 0.29) is 0 Å². The Labute approximate surface area is 353 Å². The van der Waals surface area contributed by atoms with E-state index in [2.05, 4.69) is 114 Å². The van der Waals surface area contributed by atoms with E-state index in [0.29, 0.717) is 11.5 Å². The molecule has 10 aromatic rings. The number of aryl methyl sites for hydroxylation is 1. The first-order valence-corrected chi connectivity index (χ1v) is 20.5. The van der Waals surface area contributed by atoms with Gasteiger partial charge >= 0.3 is 0 Å². The molecule has 7 heteroatoms. The van der Waals surface area contributed by atoms with Gasteiger partial charge in [0.2, 0.25) is 5.89 Å². The fourth-order valence-corrected chi connectivity index (χ4v) is 8.39. The van der Waals surface area contributed by atoms with Gasteiger partial charge in [-0.15, -0.1) is 0 Å². The van der Waals surface area contributed by atoms with Crippen molar-refractivity contribution in [1.29, 1.82) is 0 Å². The molecule has 4 heterocycles. The summed E-state index contributed by atoms with van der Waals surface area (Å²) in [6, 6.07) is 62.7. The summed E-state index contributed by atoms with van der Waals surface area (Å²) in [6.45, 7) is 2.17. The minimum absolute atomic E-state index is 0.595. The predicted octanol–water partition coefficient (Wildman–Crippen LogP) is 14.3. The van der Waals surface area contributed by atoms with Crippen molar-refractivity contribution >= 4 is 72.8 Å². The van der Waals surface area contributed by atoms with E-state index in [1.54, 1.807) is 0 Å². The summed E-state index contributed by atoms with van der Waals surface area (Å²) in [5.41, 5.74) is 9.86. The highest BCUT2D eigenvalue weighted by Gasteiger charge is 2.22. The normalized spacial score (nSPS) is 12.6. The molecule has 0 fully saturated rings. The fourth-order valence-electron chi connectivity index (χ4n) is 8.39. The standard InChI is InChI=1S/C54H39N5O2/c1-36-18-19-37-22-23-44(34-49(37)60-53(36)38-12-4-2-5-13-38)58(51-16-8-10-30-55-51)42-24-27-46-40(32-42)20-21-41-33-43(25-28-47(41)46)59(52-17-9-11-31-56-52)45-26-29-48-50(35-45)61-54(57-48)39-14-6-3-7-15-39/h2-17,20-35H,18-19H2,1H3. The summed E-state index contributed by atoms with van der Waals surface area (Å²) in [4.78, 5) is 18.7. The van der Waals surface area contributed by atoms with E-state index in [4.69, 9.17) is 24.1 Å². The fraction of sp³-hybridized carbons (Fsp3) is 0.0556. The number of aromatic nitrogens is 3. The Kier molecular flexibility index (Phi) is 9.04. The van der Waals surface area contributed by atoms with Gasteiger partial charge in [-0.3, -0.25) is 9.80 Å². The lowest BCUT2D eigenvalue weighted by atomic mass is 10.00. The van der Waals surface area contributed by atoms with Gasteiger partial charge in [-0.05, 0) is 131 Å². The molecule has 1 aliphatic heterocycles. The van der Waals surface area contributed by atoms with Gasteiger partial charge in [0.15, 0.2) is 5.58 Å². The Bertz CT molecular complexity index is 3240. The molecular formula is C54H39N5O2. The Morgan fingerprint density at radius 3 is 1.67 bits per heavy atom. The second-order valence-electron chi connectivity index (χ2n) is 15.3. The Balaban J connectivity index is 0.966. The highest BCUT2D eigenvalue weighted by molar-refractivity contribution is 6.09. The van der Waals surface area contributed by atoms with Crippen LogP contribution in [0.5, 0.6) is 5.75 Å². The van der Waals surface area contributed by atoms with Crippen molar-refractivity contribution in [3.63, 3.8) is 0 Å². The van der Waals surface area contributed by atoms with Gasteiger partial charge < -0.3 is 9.15 Å². The average molecular weight is 790 g/mol. The summed E-state index contributed by atoms with van der Waals surface area (Å²) in [5, 5.41) is 4.56. The van der Waals surface area contributed by atoms with Crippen molar-refractivity contribution in [3.05, 3.63) is 211 Å². The Hall–Kier alpha value is -8.03. The van der Waals surface area contributed by atoms with Crippen molar-refractivity contribution in [3.8, 4) is 17.2 Å². The maximum absolute atomic E-state index is 6.77. The molecule has 61 heavy (non-hydrogen) atoms. The van der Waals surface area contributed by atoms with Gasteiger partial charge in [0.25, 0.3) is 0 Å². The van der Waals surface area contributed by atoms with Gasteiger partial charge in [-0.25, -0.2) is 15.0 Å². The highest BCUT2D eigenvalue weighted by atomic mass is 16.5. The van der Waals surface area contributed by atoms with Crippen LogP contribution in [0.1, 0.15) is 24.5 Å². The Morgan fingerprint density at radius 2 is 1.05 bits per heavy atom. The van der Waals surface area contributed by atoms with Gasteiger partial charge in [0.1, 0.15) is 28.7 Å². The molecule has 7 nitrogen and oxygen atoms in total. The van der Waals surface area contributed by atoms with Crippen LogP contribution in [0.4, 0.5) is 34.4 Å². The number of nitrogens with zero attached hydrogens (tertiary/aromatic N) is 5. The zero-order valence-electron chi connectivity index (χ0n) is 33.4. The lowest BCUT2D eigenvalue weighted by Crippen LogP contribution is -2.12. The first-order valence-electron chi connectivity index (χ1n) is 20.5.